The third kappa shape index (κ3) is 6.89. The number of aryl methyl sites for hydroxylation is 1. The summed E-state index contributed by atoms with van der Waals surface area (Å²) < 4.78 is 5.62. The van der Waals surface area contributed by atoms with Crippen molar-refractivity contribution in [1.82, 2.24) is 9.88 Å². The van der Waals surface area contributed by atoms with Gasteiger partial charge in [0.1, 0.15) is 0 Å². The molecule has 0 aliphatic carbocycles. The monoisotopic (exact) mass is 478 g/mol. The fraction of sp³-hybridized carbons (Fsp3) is 0.536. The van der Waals surface area contributed by atoms with Crippen LogP contribution in [-0.4, -0.2) is 54.0 Å². The average molecular weight is 479 g/mol. The van der Waals surface area contributed by atoms with Gasteiger partial charge in [-0.05, 0) is 74.5 Å². The van der Waals surface area contributed by atoms with Crippen LogP contribution in [-0.2, 0) is 16.1 Å². The van der Waals surface area contributed by atoms with Crippen LogP contribution in [0.1, 0.15) is 73.4 Å². The smallest absolute Gasteiger partial charge is 0.255 e. The Hall–Kier alpha value is -2.77. The van der Waals surface area contributed by atoms with Crippen LogP contribution in [0.3, 0.4) is 0 Å². The highest BCUT2D eigenvalue weighted by Gasteiger charge is 2.25. The summed E-state index contributed by atoms with van der Waals surface area (Å²) in [5.41, 5.74) is 4.21. The normalized spacial score (nSPS) is 18.7. The van der Waals surface area contributed by atoms with Crippen molar-refractivity contribution in [2.24, 2.45) is 0 Å². The number of rotatable bonds is 3. The zero-order valence-corrected chi connectivity index (χ0v) is 21.1. The van der Waals surface area contributed by atoms with Crippen LogP contribution in [0.5, 0.6) is 0 Å². The highest BCUT2D eigenvalue weighted by Crippen LogP contribution is 2.28. The van der Waals surface area contributed by atoms with Crippen molar-refractivity contribution in [3.63, 3.8) is 0 Å². The predicted octanol–water partition coefficient (Wildman–Crippen LogP) is 4.94. The van der Waals surface area contributed by atoms with E-state index in [1.807, 2.05) is 36.1 Å². The van der Waals surface area contributed by atoms with E-state index in [1.54, 1.807) is 19.3 Å². The highest BCUT2D eigenvalue weighted by atomic mass is 16.5. The second kappa shape index (κ2) is 12.3. The molecule has 0 bridgehead atoms. The molecule has 7 nitrogen and oxygen atoms in total. The average Bonchev–Trinajstić information content (AvgIpc) is 2.84. The van der Waals surface area contributed by atoms with Gasteiger partial charge in [-0.2, -0.15) is 0 Å². The fourth-order valence-electron chi connectivity index (χ4n) is 5.17. The Labute approximate surface area is 208 Å². The number of nitrogens with one attached hydrogen (secondary N) is 1. The van der Waals surface area contributed by atoms with E-state index in [0.717, 1.165) is 68.8 Å². The Morgan fingerprint density at radius 2 is 1.74 bits per heavy atom. The van der Waals surface area contributed by atoms with Crippen LogP contribution in [0.15, 0.2) is 36.7 Å². The molecule has 2 aromatic rings. The summed E-state index contributed by atoms with van der Waals surface area (Å²) in [6.07, 6.45) is 11.2. The summed E-state index contributed by atoms with van der Waals surface area (Å²) in [5, 5.41) is 2.97. The Kier molecular flexibility index (Phi) is 8.88. The fourth-order valence-corrected chi connectivity index (χ4v) is 5.17. The van der Waals surface area contributed by atoms with E-state index in [4.69, 9.17) is 4.74 Å². The maximum atomic E-state index is 13.1. The van der Waals surface area contributed by atoms with Crippen LogP contribution in [0.4, 0.5) is 11.4 Å². The molecule has 4 rings (SSSR count). The molecule has 0 unspecified atom stereocenters. The number of pyridine rings is 1. The first-order chi connectivity index (χ1) is 17.0. The van der Waals surface area contributed by atoms with Crippen LogP contribution >= 0.6 is 0 Å². The second-order valence-corrected chi connectivity index (χ2v) is 9.80. The van der Waals surface area contributed by atoms with Gasteiger partial charge in [-0.15, -0.1) is 0 Å². The van der Waals surface area contributed by atoms with E-state index in [1.165, 1.54) is 19.3 Å². The maximum absolute atomic E-state index is 13.1. The number of anilines is 2. The largest absolute Gasteiger partial charge is 0.381 e. The van der Waals surface area contributed by atoms with Gasteiger partial charge in [-0.1, -0.05) is 19.3 Å². The van der Waals surface area contributed by atoms with Crippen molar-refractivity contribution in [3.8, 4) is 0 Å². The summed E-state index contributed by atoms with van der Waals surface area (Å²) in [7, 11) is 0. The van der Waals surface area contributed by atoms with Gasteiger partial charge in [0.15, 0.2) is 0 Å². The first-order valence-corrected chi connectivity index (χ1v) is 13.0. The molecule has 2 aliphatic rings. The predicted molar refractivity (Wildman–Crippen MR) is 139 cm³/mol. The lowest BCUT2D eigenvalue weighted by Gasteiger charge is -2.36. The maximum Gasteiger partial charge on any atom is 0.255 e. The minimum atomic E-state index is -0.168. The first kappa shape index (κ1) is 25.3. The summed E-state index contributed by atoms with van der Waals surface area (Å²) in [5.74, 6) is -0.123. The van der Waals surface area contributed by atoms with Crippen molar-refractivity contribution in [1.29, 1.82) is 0 Å². The Morgan fingerprint density at radius 3 is 2.49 bits per heavy atom. The van der Waals surface area contributed by atoms with Crippen LogP contribution in [0.25, 0.3) is 0 Å². The second-order valence-electron chi connectivity index (χ2n) is 9.80. The Balaban J connectivity index is 1.66. The summed E-state index contributed by atoms with van der Waals surface area (Å²) >= 11 is 0. The number of carbonyl (C=O) groups excluding carboxylic acids is 2. The molecule has 1 N–H and O–H groups in total. The lowest BCUT2D eigenvalue weighted by molar-refractivity contribution is -0.116. The summed E-state index contributed by atoms with van der Waals surface area (Å²) in [4.78, 5) is 34.4. The number of nitrogens with zero attached hydrogens (tertiary/aromatic N) is 3. The third-order valence-electron chi connectivity index (χ3n) is 7.05. The molecular formula is C28H38N4O3. The van der Waals surface area contributed by atoms with Crippen molar-refractivity contribution in [2.45, 2.75) is 71.4 Å². The molecule has 1 aromatic carbocycles. The SMILES string of the molecule is CC(=O)N1CCCCCCCN(C2CCOCC2)Cc2cc(C(=O)Nc3cncc(C)c3)ccc21. The van der Waals surface area contributed by atoms with E-state index >= 15 is 0 Å². The van der Waals surface area contributed by atoms with Gasteiger partial charge in [0.05, 0.1) is 11.9 Å². The highest BCUT2D eigenvalue weighted by molar-refractivity contribution is 6.05. The number of amides is 2. The molecule has 3 heterocycles. The van der Waals surface area contributed by atoms with Gasteiger partial charge < -0.3 is 15.0 Å². The van der Waals surface area contributed by atoms with Crippen LogP contribution in [0, 0.1) is 6.92 Å². The molecule has 1 aromatic heterocycles. The van der Waals surface area contributed by atoms with Gasteiger partial charge in [0.2, 0.25) is 5.91 Å². The first-order valence-electron chi connectivity index (χ1n) is 13.0. The number of fused-ring (bicyclic) bond motifs is 1. The van der Waals surface area contributed by atoms with E-state index in [0.29, 0.717) is 23.8 Å². The Morgan fingerprint density at radius 1 is 1.00 bits per heavy atom. The number of hydrogen-bond acceptors (Lipinski definition) is 5. The molecule has 7 heteroatoms. The number of carbonyl (C=O) groups is 2. The quantitative estimate of drug-likeness (QED) is 0.676. The topological polar surface area (TPSA) is 74.8 Å². The zero-order chi connectivity index (χ0) is 24.6. The molecule has 0 spiro atoms. The van der Waals surface area contributed by atoms with Crippen molar-refractivity contribution < 1.29 is 14.3 Å². The molecule has 1 saturated heterocycles. The number of hydrogen-bond donors (Lipinski definition) is 1. The molecule has 0 saturated carbocycles. The van der Waals surface area contributed by atoms with Crippen molar-refractivity contribution >= 4 is 23.2 Å². The van der Waals surface area contributed by atoms with Crippen LogP contribution in [0.2, 0.25) is 0 Å². The lowest BCUT2D eigenvalue weighted by atomic mass is 10.0. The molecule has 35 heavy (non-hydrogen) atoms. The number of ether oxygens (including phenoxy) is 1. The van der Waals surface area contributed by atoms with Gasteiger partial charge in [0, 0.05) is 56.7 Å². The van der Waals surface area contributed by atoms with Gasteiger partial charge in [0.25, 0.3) is 5.91 Å². The number of benzene rings is 1. The summed E-state index contributed by atoms with van der Waals surface area (Å²) in [6, 6.07) is 8.12. The van der Waals surface area contributed by atoms with Gasteiger partial charge in [-0.25, -0.2) is 0 Å². The van der Waals surface area contributed by atoms with E-state index < -0.39 is 0 Å². The molecule has 188 valence electrons. The van der Waals surface area contributed by atoms with Crippen LogP contribution < -0.4 is 10.2 Å². The minimum Gasteiger partial charge on any atom is -0.381 e. The molecular weight excluding hydrogens is 440 g/mol. The summed E-state index contributed by atoms with van der Waals surface area (Å²) in [6.45, 7) is 7.62. The van der Waals surface area contributed by atoms with Crippen molar-refractivity contribution in [2.75, 3.05) is 36.5 Å². The molecule has 2 amide bonds. The zero-order valence-electron chi connectivity index (χ0n) is 21.1. The van der Waals surface area contributed by atoms with E-state index in [2.05, 4.69) is 15.2 Å². The lowest BCUT2D eigenvalue weighted by Crippen LogP contribution is -2.40. The van der Waals surface area contributed by atoms with Gasteiger partial charge in [-0.3, -0.25) is 19.5 Å². The molecule has 1 fully saturated rings. The standard InChI is InChI=1S/C28H38N4O3/c1-21-16-25(19-29-18-21)30-28(34)23-8-9-27-24(17-23)20-31(26-10-14-35-15-11-26)12-6-4-3-5-7-13-32(27)22(2)33/h8-9,16-19,26H,3-7,10-15,20H2,1-2H3,(H,30,34). The van der Waals surface area contributed by atoms with E-state index in [-0.39, 0.29) is 11.8 Å². The van der Waals surface area contributed by atoms with Gasteiger partial charge >= 0.3 is 0 Å². The van der Waals surface area contributed by atoms with Crippen molar-refractivity contribution in [3.05, 3.63) is 53.3 Å². The Bertz CT molecular complexity index is 1020. The number of aromatic nitrogens is 1. The molecule has 0 atom stereocenters. The molecule has 0 radical (unpaired) electrons. The molecule has 2 aliphatic heterocycles. The third-order valence-corrected chi connectivity index (χ3v) is 7.05. The van der Waals surface area contributed by atoms with E-state index in [9.17, 15) is 9.59 Å². The minimum absolute atomic E-state index is 0.0453.